The predicted molar refractivity (Wildman–Crippen MR) is 101 cm³/mol. The van der Waals surface area contributed by atoms with Gasteiger partial charge in [0.2, 0.25) is 5.96 Å². The van der Waals surface area contributed by atoms with E-state index in [0.717, 1.165) is 53.3 Å². The number of nitrogens with zero attached hydrogens (tertiary/aromatic N) is 4. The fourth-order valence-corrected chi connectivity index (χ4v) is 4.30. The van der Waals surface area contributed by atoms with Crippen molar-refractivity contribution in [2.24, 2.45) is 15.9 Å². The molecule has 2 unspecified atom stereocenters. The van der Waals surface area contributed by atoms with E-state index < -0.39 is 6.10 Å². The van der Waals surface area contributed by atoms with E-state index in [0.29, 0.717) is 24.9 Å². The van der Waals surface area contributed by atoms with Crippen LogP contribution in [0.4, 0.5) is 0 Å². The second kappa shape index (κ2) is 6.28. The van der Waals surface area contributed by atoms with Gasteiger partial charge in [-0.05, 0) is 25.8 Å². The molecule has 7 nitrogen and oxygen atoms in total. The van der Waals surface area contributed by atoms with Gasteiger partial charge in [-0.3, -0.25) is 0 Å². The summed E-state index contributed by atoms with van der Waals surface area (Å²) in [5, 5.41) is 15.4. The Bertz CT molecular complexity index is 925. The molecule has 2 aliphatic heterocycles. The van der Waals surface area contributed by atoms with Gasteiger partial charge in [-0.2, -0.15) is 0 Å². The molecule has 7 heteroatoms. The Morgan fingerprint density at radius 3 is 2.74 bits per heavy atom. The van der Waals surface area contributed by atoms with Crippen molar-refractivity contribution in [2.45, 2.75) is 26.4 Å². The third kappa shape index (κ3) is 2.53. The minimum atomic E-state index is -0.667. The number of rotatable bonds is 1. The highest BCUT2D eigenvalue weighted by atomic mass is 16.5. The van der Waals surface area contributed by atoms with Crippen LogP contribution in [0.5, 0.6) is 0 Å². The number of hydrogen-bond donors (Lipinski definition) is 1. The Morgan fingerprint density at radius 2 is 2.00 bits per heavy atom. The number of guanidine groups is 1. The average molecular weight is 366 g/mol. The van der Waals surface area contributed by atoms with Crippen LogP contribution in [-0.2, 0) is 4.74 Å². The van der Waals surface area contributed by atoms with E-state index in [4.69, 9.17) is 19.2 Å². The molecule has 1 aromatic rings. The van der Waals surface area contributed by atoms with Crippen molar-refractivity contribution in [3.05, 3.63) is 46.5 Å². The van der Waals surface area contributed by atoms with E-state index in [2.05, 4.69) is 22.2 Å². The molecular weight excluding hydrogens is 344 g/mol. The SMILES string of the molecule is Cc1noc(C)c1C1=C2N=C(N3CCOCC3)N=C2C2=CC=CCC2C1O. The highest BCUT2D eigenvalue weighted by Crippen LogP contribution is 2.44. The number of aromatic nitrogens is 1. The lowest BCUT2D eigenvalue weighted by Crippen LogP contribution is -2.39. The summed E-state index contributed by atoms with van der Waals surface area (Å²) < 4.78 is 10.8. The smallest absolute Gasteiger partial charge is 0.226 e. The molecule has 140 valence electrons. The van der Waals surface area contributed by atoms with Crippen LogP contribution in [0.2, 0.25) is 0 Å². The maximum Gasteiger partial charge on any atom is 0.226 e. The van der Waals surface area contributed by atoms with Crippen LogP contribution in [0.25, 0.3) is 5.57 Å². The number of aliphatic imine (C=N–C) groups is 2. The number of aryl methyl sites for hydroxylation is 2. The Kier molecular flexibility index (Phi) is 3.87. The summed E-state index contributed by atoms with van der Waals surface area (Å²) in [7, 11) is 0. The van der Waals surface area contributed by atoms with E-state index in [9.17, 15) is 5.11 Å². The Balaban J connectivity index is 1.70. The van der Waals surface area contributed by atoms with Crippen LogP contribution in [0.15, 0.2) is 44.0 Å². The molecule has 0 spiro atoms. The van der Waals surface area contributed by atoms with Crippen LogP contribution in [0, 0.1) is 19.8 Å². The third-order valence-corrected chi connectivity index (χ3v) is 5.65. The summed E-state index contributed by atoms with van der Waals surface area (Å²) in [5.74, 6) is 1.37. The molecule has 0 saturated carbocycles. The Hall–Kier alpha value is -2.51. The maximum absolute atomic E-state index is 11.3. The Morgan fingerprint density at radius 1 is 1.19 bits per heavy atom. The summed E-state index contributed by atoms with van der Waals surface area (Å²) in [5.41, 5.74) is 5.07. The Labute approximate surface area is 157 Å². The predicted octanol–water partition coefficient (Wildman–Crippen LogP) is 2.02. The molecule has 27 heavy (non-hydrogen) atoms. The summed E-state index contributed by atoms with van der Waals surface area (Å²) in [4.78, 5) is 11.9. The fourth-order valence-electron chi connectivity index (χ4n) is 4.30. The monoisotopic (exact) mass is 366 g/mol. The molecule has 5 rings (SSSR count). The lowest BCUT2D eigenvalue weighted by atomic mass is 9.73. The quantitative estimate of drug-likeness (QED) is 0.822. The van der Waals surface area contributed by atoms with Crippen LogP contribution in [0.3, 0.4) is 0 Å². The highest BCUT2D eigenvalue weighted by molar-refractivity contribution is 6.25. The first-order chi connectivity index (χ1) is 13.1. The number of aliphatic hydroxyl groups is 1. The molecule has 1 fully saturated rings. The van der Waals surface area contributed by atoms with Crippen molar-refractivity contribution >= 4 is 17.2 Å². The first-order valence-electron chi connectivity index (χ1n) is 9.38. The molecule has 1 aromatic heterocycles. The van der Waals surface area contributed by atoms with Gasteiger partial charge in [0, 0.05) is 30.1 Å². The van der Waals surface area contributed by atoms with Gasteiger partial charge in [0.25, 0.3) is 0 Å². The molecule has 0 radical (unpaired) electrons. The topological polar surface area (TPSA) is 83.5 Å². The van der Waals surface area contributed by atoms with Gasteiger partial charge < -0.3 is 19.3 Å². The van der Waals surface area contributed by atoms with Crippen molar-refractivity contribution in [1.29, 1.82) is 0 Å². The molecule has 0 aromatic carbocycles. The zero-order valence-corrected chi connectivity index (χ0v) is 15.5. The number of hydrogen-bond acceptors (Lipinski definition) is 7. The first kappa shape index (κ1) is 16.6. The lowest BCUT2D eigenvalue weighted by molar-refractivity contribution is 0.0677. The van der Waals surface area contributed by atoms with Crippen molar-refractivity contribution < 1.29 is 14.4 Å². The third-order valence-electron chi connectivity index (χ3n) is 5.65. The average Bonchev–Trinajstić information content (AvgIpc) is 3.28. The van der Waals surface area contributed by atoms with Crippen LogP contribution in [-0.4, -0.2) is 59.2 Å². The van der Waals surface area contributed by atoms with Gasteiger partial charge in [-0.25, -0.2) is 9.98 Å². The number of allylic oxidation sites excluding steroid dienone is 4. The van der Waals surface area contributed by atoms with E-state index in [1.165, 1.54) is 0 Å². The number of morpholine rings is 1. The zero-order chi connectivity index (χ0) is 18.5. The minimum absolute atomic E-state index is 0.0274. The molecule has 0 amide bonds. The second-order valence-electron chi connectivity index (χ2n) is 7.27. The van der Waals surface area contributed by atoms with Crippen LogP contribution >= 0.6 is 0 Å². The van der Waals surface area contributed by atoms with Crippen molar-refractivity contribution in [2.75, 3.05) is 26.3 Å². The van der Waals surface area contributed by atoms with Crippen molar-refractivity contribution in [3.63, 3.8) is 0 Å². The number of fused-ring (bicyclic) bond motifs is 3. The molecule has 2 aliphatic carbocycles. The summed E-state index contributed by atoms with van der Waals surface area (Å²) in [6, 6.07) is 0. The summed E-state index contributed by atoms with van der Waals surface area (Å²) in [6.07, 6.45) is 6.29. The standard InChI is InChI=1S/C20H22N4O3/c1-11-15(12(2)27-23-11)16-18-17(13-5-3-4-6-14(13)19(16)25)21-20(22-18)24-7-9-26-10-8-24/h3-5,14,19,25H,6-10H2,1-2H3. The molecule has 2 atom stereocenters. The fraction of sp³-hybridized carbons (Fsp3) is 0.450. The summed E-state index contributed by atoms with van der Waals surface area (Å²) >= 11 is 0. The van der Waals surface area contributed by atoms with E-state index in [1.54, 1.807) is 0 Å². The van der Waals surface area contributed by atoms with E-state index in [1.807, 2.05) is 19.9 Å². The van der Waals surface area contributed by atoms with Gasteiger partial charge in [0.1, 0.15) is 5.76 Å². The van der Waals surface area contributed by atoms with Gasteiger partial charge in [-0.1, -0.05) is 23.4 Å². The highest BCUT2D eigenvalue weighted by Gasteiger charge is 2.42. The van der Waals surface area contributed by atoms with Gasteiger partial charge in [-0.15, -0.1) is 0 Å². The first-order valence-corrected chi connectivity index (χ1v) is 9.38. The molecule has 1 saturated heterocycles. The van der Waals surface area contributed by atoms with Crippen molar-refractivity contribution in [3.8, 4) is 0 Å². The van der Waals surface area contributed by atoms with Gasteiger partial charge in [0.15, 0.2) is 0 Å². The van der Waals surface area contributed by atoms with Gasteiger partial charge in [0.05, 0.1) is 36.4 Å². The second-order valence-corrected chi connectivity index (χ2v) is 7.27. The van der Waals surface area contributed by atoms with Crippen LogP contribution < -0.4 is 0 Å². The molecule has 4 aliphatic rings. The minimum Gasteiger partial charge on any atom is -0.388 e. The summed E-state index contributed by atoms with van der Waals surface area (Å²) in [6.45, 7) is 6.67. The zero-order valence-electron chi connectivity index (χ0n) is 15.5. The van der Waals surface area contributed by atoms with Crippen molar-refractivity contribution in [1.82, 2.24) is 10.1 Å². The van der Waals surface area contributed by atoms with Gasteiger partial charge >= 0.3 is 0 Å². The number of ether oxygens (including phenoxy) is 1. The molecule has 1 N–H and O–H groups in total. The van der Waals surface area contributed by atoms with E-state index in [-0.39, 0.29) is 5.92 Å². The van der Waals surface area contributed by atoms with Crippen LogP contribution in [0.1, 0.15) is 23.4 Å². The molecular formula is C20H22N4O3. The molecule has 3 heterocycles. The lowest BCUT2D eigenvalue weighted by Gasteiger charge is -2.33. The maximum atomic E-state index is 11.3. The number of aliphatic hydroxyl groups excluding tert-OH is 1. The molecule has 0 bridgehead atoms. The largest absolute Gasteiger partial charge is 0.388 e. The normalized spacial score (nSPS) is 27.2. The van der Waals surface area contributed by atoms with E-state index >= 15 is 0 Å².